The van der Waals surface area contributed by atoms with E-state index in [2.05, 4.69) is 5.32 Å². The zero-order valence-electron chi connectivity index (χ0n) is 16.5. The Morgan fingerprint density at radius 1 is 0.900 bits per heavy atom. The molecule has 0 radical (unpaired) electrons. The first kappa shape index (κ1) is 19.8. The number of thiophene rings is 1. The summed E-state index contributed by atoms with van der Waals surface area (Å²) in [5, 5.41) is 4.87. The van der Waals surface area contributed by atoms with Gasteiger partial charge in [-0.2, -0.15) is 0 Å². The van der Waals surface area contributed by atoms with E-state index >= 15 is 0 Å². The summed E-state index contributed by atoms with van der Waals surface area (Å²) in [6.07, 6.45) is 0. The van der Waals surface area contributed by atoms with E-state index in [1.54, 1.807) is 23.5 Å². The molecule has 0 saturated heterocycles. The number of carbonyl (C=O) groups is 1. The molecule has 1 N–H and O–H groups in total. The van der Waals surface area contributed by atoms with Gasteiger partial charge >= 0.3 is 11.1 Å². The summed E-state index contributed by atoms with van der Waals surface area (Å²) in [6, 6.07) is 18.4. The van der Waals surface area contributed by atoms with Crippen LogP contribution in [0.25, 0.3) is 11.0 Å². The molecule has 6 nitrogen and oxygen atoms in total. The van der Waals surface area contributed by atoms with E-state index in [9.17, 15) is 14.4 Å². The van der Waals surface area contributed by atoms with Gasteiger partial charge in [0.25, 0.3) is 5.91 Å². The fourth-order valence-electron chi connectivity index (χ4n) is 3.47. The molecule has 2 aromatic carbocycles. The van der Waals surface area contributed by atoms with Crippen LogP contribution in [0.4, 0.5) is 0 Å². The Morgan fingerprint density at radius 2 is 1.57 bits per heavy atom. The number of nitrogens with one attached hydrogen (secondary N) is 1. The van der Waals surface area contributed by atoms with Gasteiger partial charge in [-0.25, -0.2) is 0 Å². The molecule has 0 bridgehead atoms. The number of hydrogen-bond acceptors (Lipinski definition) is 4. The zero-order valence-corrected chi connectivity index (χ0v) is 17.3. The number of aryl methyl sites for hydroxylation is 1. The number of hydrogen-bond donors (Lipinski definition) is 1. The van der Waals surface area contributed by atoms with Crippen LogP contribution in [0.3, 0.4) is 0 Å². The second-order valence-corrected chi connectivity index (χ2v) is 7.92. The number of fused-ring (bicyclic) bond motifs is 1. The minimum atomic E-state index is -0.548. The van der Waals surface area contributed by atoms with E-state index in [0.717, 1.165) is 16.0 Å². The number of aromatic nitrogens is 2. The maximum atomic E-state index is 12.7. The highest BCUT2D eigenvalue weighted by molar-refractivity contribution is 7.09. The maximum Gasteiger partial charge on any atom is 0.317 e. The average molecular weight is 420 g/mol. The van der Waals surface area contributed by atoms with Crippen LogP contribution in [0.1, 0.15) is 27.7 Å². The predicted molar refractivity (Wildman–Crippen MR) is 119 cm³/mol. The third-order valence-electron chi connectivity index (χ3n) is 5.01. The molecule has 0 spiro atoms. The Labute approximate surface area is 177 Å². The lowest BCUT2D eigenvalue weighted by molar-refractivity contribution is 0.0951. The van der Waals surface area contributed by atoms with Crippen molar-refractivity contribution in [1.29, 1.82) is 0 Å². The first-order chi connectivity index (χ1) is 14.6. The number of rotatable bonds is 6. The Hall–Kier alpha value is -3.45. The average Bonchev–Trinajstić information content (AvgIpc) is 3.30. The van der Waals surface area contributed by atoms with Crippen molar-refractivity contribution < 1.29 is 4.79 Å². The minimum absolute atomic E-state index is 0.150. The molecule has 152 valence electrons. The summed E-state index contributed by atoms with van der Waals surface area (Å²) in [6.45, 7) is 3.04. The lowest BCUT2D eigenvalue weighted by Crippen LogP contribution is -2.41. The summed E-state index contributed by atoms with van der Waals surface area (Å²) in [7, 11) is 0. The Kier molecular flexibility index (Phi) is 5.63. The maximum absolute atomic E-state index is 12.7. The molecule has 4 aromatic rings. The van der Waals surface area contributed by atoms with Crippen molar-refractivity contribution in [3.63, 3.8) is 0 Å². The van der Waals surface area contributed by atoms with Crippen LogP contribution in [-0.2, 0) is 19.6 Å². The largest absolute Gasteiger partial charge is 0.347 e. The molecule has 2 heterocycles. The van der Waals surface area contributed by atoms with Gasteiger partial charge in [0.15, 0.2) is 0 Å². The van der Waals surface area contributed by atoms with Crippen LogP contribution in [0.5, 0.6) is 0 Å². The van der Waals surface area contributed by atoms with Gasteiger partial charge in [-0.1, -0.05) is 30.3 Å². The second-order valence-electron chi connectivity index (χ2n) is 6.89. The topological polar surface area (TPSA) is 73.1 Å². The lowest BCUT2D eigenvalue weighted by atomic mass is 10.1. The molecule has 30 heavy (non-hydrogen) atoms. The molecule has 0 aliphatic heterocycles. The smallest absolute Gasteiger partial charge is 0.317 e. The van der Waals surface area contributed by atoms with Crippen LogP contribution in [0.15, 0.2) is 75.6 Å². The third kappa shape index (κ3) is 3.84. The second kappa shape index (κ2) is 8.51. The number of amides is 1. The first-order valence-corrected chi connectivity index (χ1v) is 10.6. The first-order valence-electron chi connectivity index (χ1n) is 9.70. The van der Waals surface area contributed by atoms with Gasteiger partial charge in [0.2, 0.25) is 0 Å². The Bertz CT molecular complexity index is 1300. The fourth-order valence-corrected chi connectivity index (χ4v) is 4.11. The molecule has 4 rings (SSSR count). The Morgan fingerprint density at radius 3 is 2.20 bits per heavy atom. The van der Waals surface area contributed by atoms with Crippen molar-refractivity contribution in [2.45, 2.75) is 26.6 Å². The molecule has 0 unspecified atom stereocenters. The number of carbonyl (C=O) groups excluding carboxylic acids is 1. The standard InChI is InChI=1S/C23H21N3O3S/c1-2-25-19-7-3-4-8-20(19)26(23(29)22(25)28)15-16-9-11-17(12-10-16)21(27)24-14-18-6-5-13-30-18/h3-13H,2,14-15H2,1H3,(H,24,27). The minimum Gasteiger partial charge on any atom is -0.347 e. The summed E-state index contributed by atoms with van der Waals surface area (Å²) in [5.41, 5.74) is 1.75. The summed E-state index contributed by atoms with van der Waals surface area (Å²) in [4.78, 5) is 38.7. The molecule has 0 fully saturated rings. The highest BCUT2D eigenvalue weighted by Gasteiger charge is 2.13. The van der Waals surface area contributed by atoms with Gasteiger partial charge in [-0.15, -0.1) is 11.3 Å². The van der Waals surface area contributed by atoms with E-state index < -0.39 is 11.1 Å². The highest BCUT2D eigenvalue weighted by Crippen LogP contribution is 2.13. The van der Waals surface area contributed by atoms with Gasteiger partial charge < -0.3 is 9.88 Å². The van der Waals surface area contributed by atoms with Gasteiger partial charge in [-0.05, 0) is 48.2 Å². The van der Waals surface area contributed by atoms with E-state index in [1.165, 1.54) is 9.13 Å². The summed E-state index contributed by atoms with van der Waals surface area (Å²) in [5.74, 6) is -0.150. The molecule has 2 aromatic heterocycles. The monoisotopic (exact) mass is 419 g/mol. The van der Waals surface area contributed by atoms with Crippen molar-refractivity contribution in [3.8, 4) is 0 Å². The number of nitrogens with zero attached hydrogens (tertiary/aromatic N) is 2. The van der Waals surface area contributed by atoms with Crippen molar-refractivity contribution >= 4 is 28.3 Å². The SMILES string of the molecule is CCn1c(=O)c(=O)n(Cc2ccc(C(=O)NCc3cccs3)cc2)c2ccccc21. The van der Waals surface area contributed by atoms with Crippen LogP contribution >= 0.6 is 11.3 Å². The molecular weight excluding hydrogens is 398 g/mol. The quantitative estimate of drug-likeness (QED) is 0.488. The van der Waals surface area contributed by atoms with Gasteiger partial charge in [0, 0.05) is 17.0 Å². The fraction of sp³-hybridized carbons (Fsp3) is 0.174. The van der Waals surface area contributed by atoms with E-state index in [1.807, 2.05) is 60.8 Å². The highest BCUT2D eigenvalue weighted by atomic mass is 32.1. The zero-order chi connectivity index (χ0) is 21.1. The van der Waals surface area contributed by atoms with E-state index in [4.69, 9.17) is 0 Å². The third-order valence-corrected chi connectivity index (χ3v) is 5.89. The molecule has 0 aliphatic rings. The number of para-hydroxylation sites is 2. The van der Waals surface area contributed by atoms with Crippen molar-refractivity contribution in [2.24, 2.45) is 0 Å². The summed E-state index contributed by atoms with van der Waals surface area (Å²) < 4.78 is 2.99. The van der Waals surface area contributed by atoms with Crippen molar-refractivity contribution in [1.82, 2.24) is 14.5 Å². The molecular formula is C23H21N3O3S. The van der Waals surface area contributed by atoms with E-state index in [0.29, 0.717) is 24.2 Å². The van der Waals surface area contributed by atoms with Gasteiger partial charge in [0.05, 0.1) is 24.1 Å². The predicted octanol–water partition coefficient (Wildman–Crippen LogP) is 3.22. The molecule has 0 aliphatic carbocycles. The van der Waals surface area contributed by atoms with Crippen LogP contribution < -0.4 is 16.4 Å². The lowest BCUT2D eigenvalue weighted by Gasteiger charge is -2.14. The van der Waals surface area contributed by atoms with E-state index in [-0.39, 0.29) is 12.5 Å². The Balaban J connectivity index is 1.59. The van der Waals surface area contributed by atoms with Crippen LogP contribution in [0.2, 0.25) is 0 Å². The van der Waals surface area contributed by atoms with Gasteiger partial charge in [-0.3, -0.25) is 19.0 Å². The number of benzene rings is 2. The van der Waals surface area contributed by atoms with Crippen LogP contribution in [-0.4, -0.2) is 15.0 Å². The molecule has 7 heteroatoms. The molecule has 0 atom stereocenters. The van der Waals surface area contributed by atoms with Crippen molar-refractivity contribution in [2.75, 3.05) is 0 Å². The van der Waals surface area contributed by atoms with Crippen LogP contribution in [0, 0.1) is 0 Å². The molecule has 1 amide bonds. The van der Waals surface area contributed by atoms with Gasteiger partial charge in [0.1, 0.15) is 0 Å². The normalized spacial score (nSPS) is 11.0. The molecule has 0 saturated carbocycles. The van der Waals surface area contributed by atoms with Crippen molar-refractivity contribution in [3.05, 3.63) is 103 Å². The summed E-state index contributed by atoms with van der Waals surface area (Å²) >= 11 is 1.60.